The maximum atomic E-state index is 12.0. The Labute approximate surface area is 123 Å². The summed E-state index contributed by atoms with van der Waals surface area (Å²) in [4.78, 5) is 23.9. The normalized spacial score (nSPS) is 18.9. The van der Waals surface area contributed by atoms with Crippen molar-refractivity contribution in [3.05, 3.63) is 35.4 Å². The first-order valence-electron chi connectivity index (χ1n) is 7.42. The topological polar surface area (TPSA) is 78.4 Å². The first kappa shape index (κ1) is 14.1. The number of rotatable bonds is 6. The number of hydrogen-bond acceptors (Lipinski definition) is 3. The monoisotopic (exact) mass is 288 g/mol. The molecule has 1 aromatic carbocycles. The molecular formula is C16H20N2O3. The van der Waals surface area contributed by atoms with Crippen LogP contribution in [0.15, 0.2) is 24.3 Å². The molecule has 5 heteroatoms. The quantitative estimate of drug-likeness (QED) is 0.733. The summed E-state index contributed by atoms with van der Waals surface area (Å²) in [6.07, 6.45) is 4.03. The number of benzene rings is 1. The number of aliphatic hydroxyl groups excluding tert-OH is 1. The Morgan fingerprint density at radius 3 is 2.14 bits per heavy atom. The highest BCUT2D eigenvalue weighted by Gasteiger charge is 2.42. The molecule has 0 bridgehead atoms. The standard InChI is InChI=1S/C16H20N2O3/c19-10-16(7-8-16)9-17-14(20)11-1-3-12(4-2-11)15(21)18-13-5-6-13/h1-4,13,19H,5-10H2,(H,17,20)(H,18,21). The Morgan fingerprint density at radius 2 is 1.67 bits per heavy atom. The molecular weight excluding hydrogens is 268 g/mol. The van der Waals surface area contributed by atoms with Gasteiger partial charge < -0.3 is 15.7 Å². The molecule has 2 amide bonds. The molecule has 3 rings (SSSR count). The summed E-state index contributed by atoms with van der Waals surface area (Å²) in [5, 5.41) is 15.0. The second kappa shape index (κ2) is 5.48. The second-order valence-corrected chi connectivity index (χ2v) is 6.17. The van der Waals surface area contributed by atoms with Gasteiger partial charge in [-0.3, -0.25) is 9.59 Å². The highest BCUT2D eigenvalue weighted by Crippen LogP contribution is 2.44. The van der Waals surface area contributed by atoms with Gasteiger partial charge in [0.05, 0.1) is 6.61 Å². The van der Waals surface area contributed by atoms with Gasteiger partial charge in [0, 0.05) is 29.1 Å². The molecule has 0 saturated heterocycles. The number of carbonyl (C=O) groups excluding carboxylic acids is 2. The Balaban J connectivity index is 1.55. The fourth-order valence-corrected chi connectivity index (χ4v) is 2.21. The average Bonchev–Trinajstić information content (AvgIpc) is 3.41. The van der Waals surface area contributed by atoms with Crippen LogP contribution in [0.5, 0.6) is 0 Å². The van der Waals surface area contributed by atoms with Crippen molar-refractivity contribution in [3.63, 3.8) is 0 Å². The minimum Gasteiger partial charge on any atom is -0.396 e. The molecule has 0 spiro atoms. The summed E-state index contributed by atoms with van der Waals surface area (Å²) < 4.78 is 0. The van der Waals surface area contributed by atoms with Crippen LogP contribution in [0.25, 0.3) is 0 Å². The third kappa shape index (κ3) is 3.42. The van der Waals surface area contributed by atoms with E-state index in [2.05, 4.69) is 10.6 Å². The molecule has 0 aliphatic heterocycles. The van der Waals surface area contributed by atoms with E-state index in [1.807, 2.05) is 0 Å². The maximum absolute atomic E-state index is 12.0. The van der Waals surface area contributed by atoms with Gasteiger partial charge >= 0.3 is 0 Å². The number of carbonyl (C=O) groups is 2. The van der Waals surface area contributed by atoms with Gasteiger partial charge in [0.25, 0.3) is 11.8 Å². The van der Waals surface area contributed by atoms with E-state index in [1.54, 1.807) is 24.3 Å². The van der Waals surface area contributed by atoms with E-state index < -0.39 is 0 Å². The second-order valence-electron chi connectivity index (χ2n) is 6.17. The van der Waals surface area contributed by atoms with E-state index in [0.717, 1.165) is 25.7 Å². The van der Waals surface area contributed by atoms with E-state index in [-0.39, 0.29) is 23.8 Å². The molecule has 21 heavy (non-hydrogen) atoms. The Bertz CT molecular complexity index is 545. The van der Waals surface area contributed by atoms with Gasteiger partial charge in [-0.05, 0) is 49.9 Å². The van der Waals surface area contributed by atoms with Crippen LogP contribution in [0.4, 0.5) is 0 Å². The smallest absolute Gasteiger partial charge is 0.251 e. The van der Waals surface area contributed by atoms with Gasteiger partial charge in [0.15, 0.2) is 0 Å². The maximum Gasteiger partial charge on any atom is 0.251 e. The summed E-state index contributed by atoms with van der Waals surface area (Å²) in [6.45, 7) is 0.625. The van der Waals surface area contributed by atoms with Crippen LogP contribution in [-0.4, -0.2) is 36.1 Å². The van der Waals surface area contributed by atoms with Gasteiger partial charge in [-0.1, -0.05) is 0 Å². The average molecular weight is 288 g/mol. The van der Waals surface area contributed by atoms with Crippen molar-refractivity contribution < 1.29 is 14.7 Å². The molecule has 112 valence electrons. The number of amides is 2. The molecule has 0 heterocycles. The zero-order chi connectivity index (χ0) is 14.9. The van der Waals surface area contributed by atoms with Crippen LogP contribution in [0, 0.1) is 5.41 Å². The van der Waals surface area contributed by atoms with E-state index >= 15 is 0 Å². The van der Waals surface area contributed by atoms with Crippen molar-refractivity contribution in [2.45, 2.75) is 31.7 Å². The largest absolute Gasteiger partial charge is 0.396 e. The van der Waals surface area contributed by atoms with Crippen molar-refractivity contribution in [3.8, 4) is 0 Å². The summed E-state index contributed by atoms with van der Waals surface area (Å²) in [7, 11) is 0. The molecule has 2 aliphatic rings. The number of aliphatic hydroxyl groups is 1. The number of hydrogen-bond donors (Lipinski definition) is 3. The van der Waals surface area contributed by atoms with Gasteiger partial charge in [0.2, 0.25) is 0 Å². The van der Waals surface area contributed by atoms with Crippen LogP contribution in [-0.2, 0) is 0 Å². The lowest BCUT2D eigenvalue weighted by Crippen LogP contribution is -2.32. The predicted molar refractivity (Wildman–Crippen MR) is 78.0 cm³/mol. The van der Waals surface area contributed by atoms with Gasteiger partial charge in [-0.2, -0.15) is 0 Å². The zero-order valence-electron chi connectivity index (χ0n) is 11.9. The zero-order valence-corrected chi connectivity index (χ0v) is 11.9. The van der Waals surface area contributed by atoms with Gasteiger partial charge in [-0.15, -0.1) is 0 Å². The first-order chi connectivity index (χ1) is 10.1. The van der Waals surface area contributed by atoms with Gasteiger partial charge in [0.1, 0.15) is 0 Å². The van der Waals surface area contributed by atoms with E-state index in [1.165, 1.54) is 0 Å². The molecule has 0 aromatic heterocycles. The summed E-state index contributed by atoms with van der Waals surface area (Å²) in [5.74, 6) is -0.245. The summed E-state index contributed by atoms with van der Waals surface area (Å²) in [6, 6.07) is 7.00. The van der Waals surface area contributed by atoms with E-state index in [0.29, 0.717) is 23.7 Å². The molecule has 0 unspecified atom stereocenters. The molecule has 2 aliphatic carbocycles. The minimum atomic E-state index is -0.163. The fourth-order valence-electron chi connectivity index (χ4n) is 2.21. The van der Waals surface area contributed by atoms with Crippen molar-refractivity contribution in [1.82, 2.24) is 10.6 Å². The Kier molecular flexibility index (Phi) is 3.68. The SMILES string of the molecule is O=C(NCC1(CO)CC1)c1ccc(C(=O)NC2CC2)cc1. The highest BCUT2D eigenvalue weighted by molar-refractivity contribution is 5.98. The molecule has 0 atom stereocenters. The molecule has 5 nitrogen and oxygen atoms in total. The molecule has 3 N–H and O–H groups in total. The van der Waals surface area contributed by atoms with E-state index in [9.17, 15) is 14.7 Å². The number of nitrogens with one attached hydrogen (secondary N) is 2. The predicted octanol–water partition coefficient (Wildman–Crippen LogP) is 1.08. The van der Waals surface area contributed by atoms with Crippen LogP contribution >= 0.6 is 0 Å². The lowest BCUT2D eigenvalue weighted by molar-refractivity contribution is 0.0928. The third-order valence-electron chi connectivity index (χ3n) is 4.24. The molecule has 1 aromatic rings. The minimum absolute atomic E-state index is 0.0818. The molecule has 2 saturated carbocycles. The van der Waals surface area contributed by atoms with Gasteiger partial charge in [-0.25, -0.2) is 0 Å². The summed E-state index contributed by atoms with van der Waals surface area (Å²) in [5.41, 5.74) is 1.01. The Hall–Kier alpha value is -1.88. The van der Waals surface area contributed by atoms with Crippen molar-refractivity contribution in [2.24, 2.45) is 5.41 Å². The lowest BCUT2D eigenvalue weighted by atomic mass is 10.1. The van der Waals surface area contributed by atoms with Crippen LogP contribution in [0.2, 0.25) is 0 Å². The van der Waals surface area contributed by atoms with Crippen LogP contribution in [0.3, 0.4) is 0 Å². The summed E-state index contributed by atoms with van der Waals surface area (Å²) >= 11 is 0. The van der Waals surface area contributed by atoms with E-state index in [4.69, 9.17) is 0 Å². The van der Waals surface area contributed by atoms with Crippen molar-refractivity contribution in [2.75, 3.05) is 13.2 Å². The van der Waals surface area contributed by atoms with Crippen molar-refractivity contribution in [1.29, 1.82) is 0 Å². The van der Waals surface area contributed by atoms with Crippen molar-refractivity contribution >= 4 is 11.8 Å². The first-order valence-corrected chi connectivity index (χ1v) is 7.42. The van der Waals surface area contributed by atoms with Crippen LogP contribution in [0.1, 0.15) is 46.4 Å². The fraction of sp³-hybridized carbons (Fsp3) is 0.500. The van der Waals surface area contributed by atoms with Crippen LogP contribution < -0.4 is 10.6 Å². The lowest BCUT2D eigenvalue weighted by Gasteiger charge is -2.12. The third-order valence-corrected chi connectivity index (χ3v) is 4.24. The highest BCUT2D eigenvalue weighted by atomic mass is 16.3. The molecule has 0 radical (unpaired) electrons. The molecule has 2 fully saturated rings. The Morgan fingerprint density at radius 1 is 1.10 bits per heavy atom.